The minimum Gasteiger partial charge on any atom is -0.122 e. The van der Waals surface area contributed by atoms with Crippen LogP contribution in [0.1, 0.15) is 27.8 Å². The first-order valence-corrected chi connectivity index (χ1v) is 10.7. The summed E-state index contributed by atoms with van der Waals surface area (Å²) in [5.74, 6) is 0.556. The third-order valence-electron chi connectivity index (χ3n) is 4.67. The van der Waals surface area contributed by atoms with Crippen molar-refractivity contribution >= 4 is 36.0 Å². The summed E-state index contributed by atoms with van der Waals surface area (Å²) < 4.78 is 0. The van der Waals surface area contributed by atoms with E-state index in [4.69, 9.17) is 11.6 Å². The Bertz CT molecular complexity index is 858. The van der Waals surface area contributed by atoms with E-state index < -0.39 is 8.80 Å². The average Bonchev–Trinajstić information content (AvgIpc) is 2.57. The molecule has 0 amide bonds. The van der Waals surface area contributed by atoms with Crippen molar-refractivity contribution in [3.05, 3.63) is 88.5 Å². The van der Waals surface area contributed by atoms with Crippen LogP contribution in [0, 0.1) is 27.7 Å². The highest BCUT2D eigenvalue weighted by Crippen LogP contribution is 2.10. The lowest BCUT2D eigenvalue weighted by molar-refractivity contribution is 1.39. The molecular formula is C23H24ClSi. The Morgan fingerprint density at radius 3 is 1.96 bits per heavy atom. The zero-order chi connectivity index (χ0) is 18.0. The maximum atomic E-state index is 6.31. The second-order valence-corrected chi connectivity index (χ2v) is 9.44. The molecule has 0 saturated carbocycles. The summed E-state index contributed by atoms with van der Waals surface area (Å²) in [5, 5.41) is 4.34. The Morgan fingerprint density at radius 1 is 0.760 bits per heavy atom. The normalized spacial score (nSPS) is 11.1. The maximum Gasteiger partial charge on any atom is 0.155 e. The van der Waals surface area contributed by atoms with Crippen LogP contribution in [0.4, 0.5) is 0 Å². The average molecular weight is 364 g/mol. The highest BCUT2D eigenvalue weighted by Gasteiger charge is 2.25. The van der Waals surface area contributed by atoms with Gasteiger partial charge in [0.05, 0.1) is 0 Å². The molecule has 0 spiro atoms. The predicted molar refractivity (Wildman–Crippen MR) is 112 cm³/mol. The molecule has 127 valence electrons. The topological polar surface area (TPSA) is 0 Å². The van der Waals surface area contributed by atoms with Gasteiger partial charge < -0.3 is 0 Å². The fraction of sp³-hybridized carbons (Fsp3) is 0.217. The maximum absolute atomic E-state index is 6.31. The molecule has 3 aromatic carbocycles. The molecule has 2 heteroatoms. The zero-order valence-corrected chi connectivity index (χ0v) is 17.1. The van der Waals surface area contributed by atoms with Crippen LogP contribution < -0.4 is 15.6 Å². The molecule has 3 aromatic rings. The largest absolute Gasteiger partial charge is 0.155 e. The van der Waals surface area contributed by atoms with Crippen molar-refractivity contribution in [1.82, 2.24) is 0 Å². The summed E-state index contributed by atoms with van der Waals surface area (Å²) in [6.07, 6.45) is 0. The van der Waals surface area contributed by atoms with Gasteiger partial charge in [0.1, 0.15) is 0 Å². The van der Waals surface area contributed by atoms with Crippen LogP contribution >= 0.6 is 11.6 Å². The van der Waals surface area contributed by atoms with E-state index in [9.17, 15) is 0 Å². The van der Waals surface area contributed by atoms with E-state index in [0.717, 1.165) is 0 Å². The second-order valence-electron chi connectivity index (χ2n) is 6.81. The molecule has 0 saturated heterocycles. The first-order valence-electron chi connectivity index (χ1n) is 8.67. The lowest BCUT2D eigenvalue weighted by atomic mass is 10.1. The van der Waals surface area contributed by atoms with Crippen LogP contribution in [0.5, 0.6) is 0 Å². The zero-order valence-electron chi connectivity index (χ0n) is 15.4. The summed E-state index contributed by atoms with van der Waals surface area (Å²) in [5.41, 5.74) is 6.65. The number of aryl methyl sites for hydroxylation is 4. The van der Waals surface area contributed by atoms with Crippen molar-refractivity contribution in [2.75, 3.05) is 0 Å². The molecule has 0 aliphatic heterocycles. The van der Waals surface area contributed by atoms with Gasteiger partial charge in [0.15, 0.2) is 8.80 Å². The van der Waals surface area contributed by atoms with E-state index in [1.165, 1.54) is 43.4 Å². The fourth-order valence-corrected chi connectivity index (χ4v) is 7.31. The molecule has 0 nitrogen and oxygen atoms in total. The van der Waals surface area contributed by atoms with Gasteiger partial charge in [-0.1, -0.05) is 88.1 Å². The molecular weight excluding hydrogens is 340 g/mol. The summed E-state index contributed by atoms with van der Waals surface area (Å²) in [6.45, 7) is 8.85. The second kappa shape index (κ2) is 7.59. The number of benzene rings is 3. The number of hydrogen-bond donors (Lipinski definition) is 0. The van der Waals surface area contributed by atoms with Crippen molar-refractivity contribution in [3.8, 4) is 0 Å². The molecule has 1 radical (unpaired) electrons. The van der Waals surface area contributed by atoms with Crippen LogP contribution in [-0.4, -0.2) is 8.80 Å². The summed E-state index contributed by atoms with van der Waals surface area (Å²) in [7, 11) is -1.11. The Kier molecular flexibility index (Phi) is 5.46. The Morgan fingerprint density at radius 2 is 1.36 bits per heavy atom. The SMILES string of the molecule is Cc1cc(C)cc([Si](c2ccccc2CCl)c2c(C)cccc2C)c1. The summed E-state index contributed by atoms with van der Waals surface area (Å²) >= 11 is 6.31. The highest BCUT2D eigenvalue weighted by atomic mass is 35.5. The molecule has 0 heterocycles. The molecule has 0 unspecified atom stereocenters. The van der Waals surface area contributed by atoms with E-state index in [-0.39, 0.29) is 0 Å². The quantitative estimate of drug-likeness (QED) is 0.370. The van der Waals surface area contributed by atoms with Gasteiger partial charge in [-0.2, -0.15) is 0 Å². The van der Waals surface area contributed by atoms with Crippen molar-refractivity contribution in [3.63, 3.8) is 0 Å². The van der Waals surface area contributed by atoms with Gasteiger partial charge in [0.25, 0.3) is 0 Å². The third kappa shape index (κ3) is 3.73. The number of rotatable bonds is 4. The number of halogens is 1. The molecule has 0 N–H and O–H groups in total. The molecule has 3 rings (SSSR count). The van der Waals surface area contributed by atoms with Gasteiger partial charge in [0.2, 0.25) is 0 Å². The number of alkyl halides is 1. The molecule has 0 aromatic heterocycles. The lowest BCUT2D eigenvalue weighted by Crippen LogP contribution is -2.55. The van der Waals surface area contributed by atoms with Gasteiger partial charge in [-0.05, 0) is 43.6 Å². The molecule has 0 aliphatic rings. The molecule has 0 aliphatic carbocycles. The first-order chi connectivity index (χ1) is 12.0. The highest BCUT2D eigenvalue weighted by molar-refractivity contribution is 6.96. The van der Waals surface area contributed by atoms with Crippen LogP contribution in [0.15, 0.2) is 60.7 Å². The van der Waals surface area contributed by atoms with Crippen LogP contribution in [0.3, 0.4) is 0 Å². The van der Waals surface area contributed by atoms with E-state index in [0.29, 0.717) is 5.88 Å². The Balaban J connectivity index is 2.32. The van der Waals surface area contributed by atoms with Gasteiger partial charge in [-0.25, -0.2) is 0 Å². The monoisotopic (exact) mass is 363 g/mol. The predicted octanol–water partition coefficient (Wildman–Crippen LogP) is 4.18. The summed E-state index contributed by atoms with van der Waals surface area (Å²) in [6, 6.07) is 22.3. The van der Waals surface area contributed by atoms with Gasteiger partial charge >= 0.3 is 0 Å². The minimum atomic E-state index is -1.11. The third-order valence-corrected chi connectivity index (χ3v) is 8.14. The van der Waals surface area contributed by atoms with Crippen molar-refractivity contribution in [1.29, 1.82) is 0 Å². The van der Waals surface area contributed by atoms with Crippen molar-refractivity contribution in [2.45, 2.75) is 33.6 Å². The van der Waals surface area contributed by atoms with Crippen LogP contribution in [-0.2, 0) is 5.88 Å². The standard InChI is InChI=1S/C23H24ClSi/c1-16-12-17(2)14-21(13-16)25(22-11-6-5-10-20(22)15-24)23-18(3)8-7-9-19(23)4/h5-14H,15H2,1-4H3. The van der Waals surface area contributed by atoms with Gasteiger partial charge in [0, 0.05) is 5.88 Å². The smallest absolute Gasteiger partial charge is 0.122 e. The van der Waals surface area contributed by atoms with Crippen LogP contribution in [0.2, 0.25) is 0 Å². The molecule has 0 atom stereocenters. The molecule has 0 fully saturated rings. The fourth-order valence-electron chi connectivity index (χ4n) is 3.64. The molecule has 25 heavy (non-hydrogen) atoms. The van der Waals surface area contributed by atoms with Crippen molar-refractivity contribution < 1.29 is 0 Å². The Hall–Kier alpha value is -1.83. The van der Waals surface area contributed by atoms with Crippen molar-refractivity contribution in [2.24, 2.45) is 0 Å². The van der Waals surface area contributed by atoms with E-state index in [1.54, 1.807) is 0 Å². The van der Waals surface area contributed by atoms with E-state index in [1.807, 2.05) is 0 Å². The van der Waals surface area contributed by atoms with E-state index >= 15 is 0 Å². The van der Waals surface area contributed by atoms with Gasteiger partial charge in [-0.3, -0.25) is 0 Å². The number of hydrogen-bond acceptors (Lipinski definition) is 0. The minimum absolute atomic E-state index is 0.556. The van der Waals surface area contributed by atoms with E-state index in [2.05, 4.69) is 88.4 Å². The lowest BCUT2D eigenvalue weighted by Gasteiger charge is -2.23. The van der Waals surface area contributed by atoms with Crippen LogP contribution in [0.25, 0.3) is 0 Å². The molecule has 0 bridgehead atoms. The first kappa shape index (κ1) is 18.0. The van der Waals surface area contributed by atoms with Gasteiger partial charge in [-0.15, -0.1) is 11.6 Å². The Labute approximate surface area is 158 Å². The summed E-state index contributed by atoms with van der Waals surface area (Å²) in [4.78, 5) is 0.